The number of rotatable bonds is 2. The number of ketones is 1. The summed E-state index contributed by atoms with van der Waals surface area (Å²) in [6, 6.07) is 10.7. The first-order valence-corrected chi connectivity index (χ1v) is 6.63. The standard InChI is InChI=1S/C15H10ClNO4/c16-9-4-5-11-12(7-9)13(15(19)14(11)18)8-2-1-3-10(6-8)17(20)21/h1-7,13,15,19H/t13-,15-/m1/s1. The van der Waals surface area contributed by atoms with Crippen molar-refractivity contribution in [3.05, 3.63) is 74.3 Å². The summed E-state index contributed by atoms with van der Waals surface area (Å²) in [5, 5.41) is 21.5. The molecule has 0 bridgehead atoms. The highest BCUT2D eigenvalue weighted by Crippen LogP contribution is 2.40. The van der Waals surface area contributed by atoms with E-state index in [1.165, 1.54) is 18.2 Å². The van der Waals surface area contributed by atoms with Gasteiger partial charge in [0.1, 0.15) is 6.10 Å². The van der Waals surface area contributed by atoms with Crippen LogP contribution >= 0.6 is 11.6 Å². The van der Waals surface area contributed by atoms with Gasteiger partial charge < -0.3 is 5.11 Å². The number of nitrogens with zero attached hydrogens (tertiary/aromatic N) is 1. The number of nitro benzene ring substituents is 1. The quantitative estimate of drug-likeness (QED) is 0.683. The van der Waals surface area contributed by atoms with Crippen molar-refractivity contribution in [1.82, 2.24) is 0 Å². The highest BCUT2D eigenvalue weighted by molar-refractivity contribution is 6.30. The van der Waals surface area contributed by atoms with Crippen molar-refractivity contribution in [3.63, 3.8) is 0 Å². The number of hydrogen-bond donors (Lipinski definition) is 1. The lowest BCUT2D eigenvalue weighted by molar-refractivity contribution is -0.384. The third-order valence-electron chi connectivity index (χ3n) is 3.64. The molecule has 106 valence electrons. The van der Waals surface area contributed by atoms with Crippen molar-refractivity contribution in [2.75, 3.05) is 0 Å². The van der Waals surface area contributed by atoms with Crippen molar-refractivity contribution in [2.45, 2.75) is 12.0 Å². The van der Waals surface area contributed by atoms with Crippen LogP contribution in [-0.2, 0) is 0 Å². The number of fused-ring (bicyclic) bond motifs is 1. The van der Waals surface area contributed by atoms with E-state index in [0.29, 0.717) is 21.7 Å². The number of aliphatic hydroxyl groups is 1. The Balaban J connectivity index is 2.15. The maximum absolute atomic E-state index is 12.1. The average Bonchev–Trinajstić information content (AvgIpc) is 2.70. The molecule has 0 spiro atoms. The van der Waals surface area contributed by atoms with Crippen molar-refractivity contribution in [3.8, 4) is 0 Å². The van der Waals surface area contributed by atoms with Gasteiger partial charge in [-0.05, 0) is 29.3 Å². The lowest BCUT2D eigenvalue weighted by atomic mass is 9.91. The van der Waals surface area contributed by atoms with Crippen LogP contribution in [0, 0.1) is 10.1 Å². The Morgan fingerprint density at radius 2 is 1.95 bits per heavy atom. The van der Waals surface area contributed by atoms with Crippen LogP contribution in [-0.4, -0.2) is 21.9 Å². The Bertz CT molecular complexity index is 759. The smallest absolute Gasteiger partial charge is 0.269 e. The minimum atomic E-state index is -1.25. The average molecular weight is 304 g/mol. The molecule has 3 rings (SSSR count). The molecule has 21 heavy (non-hydrogen) atoms. The fraction of sp³-hybridized carbons (Fsp3) is 0.133. The molecule has 1 aliphatic rings. The van der Waals surface area contributed by atoms with Crippen LogP contribution in [0.4, 0.5) is 5.69 Å². The predicted molar refractivity (Wildman–Crippen MR) is 76.7 cm³/mol. The molecule has 2 atom stereocenters. The van der Waals surface area contributed by atoms with Gasteiger partial charge >= 0.3 is 0 Å². The summed E-state index contributed by atoms with van der Waals surface area (Å²) in [5.41, 5.74) is 1.44. The maximum atomic E-state index is 12.1. The molecule has 0 fully saturated rings. The molecule has 0 amide bonds. The number of carbonyl (C=O) groups is 1. The number of halogens is 1. The Labute approximate surface area is 124 Å². The molecule has 1 N–H and O–H groups in total. The summed E-state index contributed by atoms with van der Waals surface area (Å²) >= 11 is 5.95. The molecule has 0 aromatic heterocycles. The van der Waals surface area contributed by atoms with Crippen LogP contribution in [0.15, 0.2) is 42.5 Å². The Kier molecular flexibility index (Phi) is 3.23. The number of benzene rings is 2. The predicted octanol–water partition coefficient (Wildman–Crippen LogP) is 2.94. The first-order chi connectivity index (χ1) is 9.99. The van der Waals surface area contributed by atoms with Crippen LogP contribution in [0.25, 0.3) is 0 Å². The topological polar surface area (TPSA) is 80.4 Å². The van der Waals surface area contributed by atoms with Gasteiger partial charge in [-0.15, -0.1) is 0 Å². The van der Waals surface area contributed by atoms with Gasteiger partial charge in [-0.1, -0.05) is 23.7 Å². The fourth-order valence-corrected chi connectivity index (χ4v) is 2.87. The summed E-state index contributed by atoms with van der Waals surface area (Å²) < 4.78 is 0. The first kappa shape index (κ1) is 13.7. The molecule has 5 nitrogen and oxygen atoms in total. The maximum Gasteiger partial charge on any atom is 0.269 e. The number of aliphatic hydroxyl groups excluding tert-OH is 1. The molecule has 0 saturated carbocycles. The van der Waals surface area contributed by atoms with E-state index in [4.69, 9.17) is 11.6 Å². The molecule has 0 aliphatic heterocycles. The van der Waals surface area contributed by atoms with E-state index in [-0.39, 0.29) is 5.69 Å². The molecule has 1 aliphatic carbocycles. The molecule has 2 aromatic carbocycles. The third kappa shape index (κ3) is 2.20. The largest absolute Gasteiger partial charge is 0.384 e. The van der Waals surface area contributed by atoms with E-state index < -0.39 is 22.7 Å². The minimum Gasteiger partial charge on any atom is -0.384 e. The highest BCUT2D eigenvalue weighted by atomic mass is 35.5. The van der Waals surface area contributed by atoms with E-state index in [1.807, 2.05) is 0 Å². The zero-order valence-corrected chi connectivity index (χ0v) is 11.4. The van der Waals surface area contributed by atoms with E-state index >= 15 is 0 Å². The van der Waals surface area contributed by atoms with Crippen LogP contribution in [0.5, 0.6) is 0 Å². The highest BCUT2D eigenvalue weighted by Gasteiger charge is 2.39. The van der Waals surface area contributed by atoms with Crippen LogP contribution in [0.1, 0.15) is 27.4 Å². The second-order valence-corrected chi connectivity index (χ2v) is 5.31. The van der Waals surface area contributed by atoms with E-state index in [1.54, 1.807) is 24.3 Å². The molecule has 2 aromatic rings. The third-order valence-corrected chi connectivity index (χ3v) is 3.87. The lowest BCUT2D eigenvalue weighted by Gasteiger charge is -2.15. The first-order valence-electron chi connectivity index (χ1n) is 6.25. The monoisotopic (exact) mass is 303 g/mol. The molecule has 0 heterocycles. The fourth-order valence-electron chi connectivity index (χ4n) is 2.69. The summed E-state index contributed by atoms with van der Waals surface area (Å²) in [7, 11) is 0. The number of non-ortho nitro benzene ring substituents is 1. The van der Waals surface area contributed by atoms with Crippen molar-refractivity contribution in [2.24, 2.45) is 0 Å². The van der Waals surface area contributed by atoms with Gasteiger partial charge in [-0.2, -0.15) is 0 Å². The second-order valence-electron chi connectivity index (χ2n) is 4.87. The molecule has 0 unspecified atom stereocenters. The molecule has 0 radical (unpaired) electrons. The van der Waals surface area contributed by atoms with E-state index in [9.17, 15) is 20.0 Å². The molecule has 6 heteroatoms. The Hall–Kier alpha value is -2.24. The van der Waals surface area contributed by atoms with Crippen molar-refractivity contribution in [1.29, 1.82) is 0 Å². The molecule has 0 saturated heterocycles. The molecular weight excluding hydrogens is 294 g/mol. The SMILES string of the molecule is O=C1c2ccc(Cl)cc2[C@@H](c2cccc([N+](=O)[O-])c2)[C@H]1O. The van der Waals surface area contributed by atoms with Gasteiger partial charge in [0.2, 0.25) is 0 Å². The van der Waals surface area contributed by atoms with Crippen LogP contribution < -0.4 is 0 Å². The van der Waals surface area contributed by atoms with Crippen molar-refractivity contribution < 1.29 is 14.8 Å². The van der Waals surface area contributed by atoms with Gasteiger partial charge in [0, 0.05) is 28.6 Å². The van der Waals surface area contributed by atoms with E-state index in [2.05, 4.69) is 0 Å². The number of nitro groups is 1. The summed E-state index contributed by atoms with van der Waals surface area (Å²) in [6.07, 6.45) is -1.25. The zero-order chi connectivity index (χ0) is 15.1. The number of carbonyl (C=O) groups excluding carboxylic acids is 1. The zero-order valence-electron chi connectivity index (χ0n) is 10.7. The summed E-state index contributed by atoms with van der Waals surface area (Å²) in [4.78, 5) is 22.4. The van der Waals surface area contributed by atoms with Gasteiger partial charge in [0.25, 0.3) is 5.69 Å². The van der Waals surface area contributed by atoms with E-state index in [0.717, 1.165) is 0 Å². The summed E-state index contributed by atoms with van der Waals surface area (Å²) in [6.45, 7) is 0. The van der Waals surface area contributed by atoms with Gasteiger partial charge in [-0.25, -0.2) is 0 Å². The van der Waals surface area contributed by atoms with Gasteiger partial charge in [0.05, 0.1) is 4.92 Å². The lowest BCUT2D eigenvalue weighted by Crippen LogP contribution is -2.20. The van der Waals surface area contributed by atoms with Gasteiger partial charge in [0.15, 0.2) is 5.78 Å². The van der Waals surface area contributed by atoms with Gasteiger partial charge in [-0.3, -0.25) is 14.9 Å². The second kappa shape index (κ2) is 4.95. The van der Waals surface area contributed by atoms with Crippen LogP contribution in [0.2, 0.25) is 5.02 Å². The number of Topliss-reactive ketones (excluding diaryl/α,β-unsaturated/α-hetero) is 1. The van der Waals surface area contributed by atoms with Crippen LogP contribution in [0.3, 0.4) is 0 Å². The molecular formula is C15H10ClNO4. The number of hydrogen-bond acceptors (Lipinski definition) is 4. The Morgan fingerprint density at radius 3 is 2.67 bits per heavy atom. The minimum absolute atomic E-state index is 0.0809. The van der Waals surface area contributed by atoms with Crippen molar-refractivity contribution >= 4 is 23.1 Å². The summed E-state index contributed by atoms with van der Waals surface area (Å²) in [5.74, 6) is -1.02. The normalized spacial score (nSPS) is 20.4. The Morgan fingerprint density at radius 1 is 1.19 bits per heavy atom.